The van der Waals surface area contributed by atoms with E-state index in [9.17, 15) is 0 Å². The third-order valence-corrected chi connectivity index (χ3v) is 3.71. The fourth-order valence-corrected chi connectivity index (χ4v) is 2.34. The van der Waals surface area contributed by atoms with Crippen LogP contribution in [0.4, 0.5) is 0 Å². The average molecular weight is 260 g/mol. The van der Waals surface area contributed by atoms with E-state index in [0.29, 0.717) is 13.2 Å². The van der Waals surface area contributed by atoms with Gasteiger partial charge in [-0.05, 0) is 36.8 Å². The summed E-state index contributed by atoms with van der Waals surface area (Å²) in [6, 6.07) is 8.87. The zero-order chi connectivity index (χ0) is 13.5. The van der Waals surface area contributed by atoms with E-state index in [4.69, 9.17) is 9.47 Å². The Bertz CT molecular complexity index is 402. The van der Waals surface area contributed by atoms with Gasteiger partial charge >= 0.3 is 0 Å². The Hall–Kier alpha value is -1.28. The predicted molar refractivity (Wildman–Crippen MR) is 79.1 cm³/mol. The highest BCUT2D eigenvalue weighted by molar-refractivity contribution is 5.60. The predicted octanol–water partition coefficient (Wildman–Crippen LogP) is 4.37. The minimum Gasteiger partial charge on any atom is -0.491 e. The first-order valence-corrected chi connectivity index (χ1v) is 7.27. The molecule has 0 aliphatic heterocycles. The Morgan fingerprint density at radius 3 is 2.47 bits per heavy atom. The number of hydrogen-bond acceptors (Lipinski definition) is 2. The standard InChI is InChI=1S/C17H24O2/c1-3-5-17(19-13-12-18-2)16-10-8-15(9-11-16)14-6-4-7-14/h5,8-11,14H,3-4,6-7,12-13H2,1-2H3/b17-5+. The fraction of sp³-hybridized carbons (Fsp3) is 0.529. The molecule has 19 heavy (non-hydrogen) atoms. The molecule has 2 nitrogen and oxygen atoms in total. The van der Waals surface area contributed by atoms with Crippen LogP contribution in [0.15, 0.2) is 30.3 Å². The molecular formula is C17H24O2. The highest BCUT2D eigenvalue weighted by atomic mass is 16.5. The lowest BCUT2D eigenvalue weighted by Gasteiger charge is -2.25. The van der Waals surface area contributed by atoms with Crippen molar-refractivity contribution >= 4 is 5.76 Å². The highest BCUT2D eigenvalue weighted by Crippen LogP contribution is 2.36. The molecule has 0 saturated heterocycles. The fourth-order valence-electron chi connectivity index (χ4n) is 2.34. The summed E-state index contributed by atoms with van der Waals surface area (Å²) in [7, 11) is 1.69. The van der Waals surface area contributed by atoms with Crippen molar-refractivity contribution in [3.05, 3.63) is 41.5 Å². The first-order valence-electron chi connectivity index (χ1n) is 7.27. The van der Waals surface area contributed by atoms with Crippen LogP contribution in [-0.4, -0.2) is 20.3 Å². The van der Waals surface area contributed by atoms with Crippen LogP contribution in [0.25, 0.3) is 5.76 Å². The van der Waals surface area contributed by atoms with E-state index in [1.54, 1.807) is 7.11 Å². The van der Waals surface area contributed by atoms with Gasteiger partial charge in [0.05, 0.1) is 6.61 Å². The van der Waals surface area contributed by atoms with Gasteiger partial charge in [-0.3, -0.25) is 0 Å². The van der Waals surface area contributed by atoms with Gasteiger partial charge < -0.3 is 9.47 Å². The van der Waals surface area contributed by atoms with Crippen LogP contribution in [0, 0.1) is 0 Å². The van der Waals surface area contributed by atoms with Gasteiger partial charge in [0, 0.05) is 12.7 Å². The molecule has 104 valence electrons. The van der Waals surface area contributed by atoms with Crippen molar-refractivity contribution in [1.29, 1.82) is 0 Å². The Morgan fingerprint density at radius 2 is 1.95 bits per heavy atom. The molecule has 0 aromatic heterocycles. The van der Waals surface area contributed by atoms with E-state index in [1.165, 1.54) is 30.4 Å². The van der Waals surface area contributed by atoms with Crippen molar-refractivity contribution in [2.24, 2.45) is 0 Å². The molecule has 1 fully saturated rings. The summed E-state index contributed by atoms with van der Waals surface area (Å²) in [5.74, 6) is 1.77. The molecule has 1 saturated carbocycles. The van der Waals surface area contributed by atoms with Gasteiger partial charge in [-0.1, -0.05) is 37.6 Å². The third kappa shape index (κ3) is 3.84. The topological polar surface area (TPSA) is 18.5 Å². The van der Waals surface area contributed by atoms with Gasteiger partial charge in [-0.2, -0.15) is 0 Å². The maximum absolute atomic E-state index is 5.79. The van der Waals surface area contributed by atoms with Gasteiger partial charge in [0.2, 0.25) is 0 Å². The Morgan fingerprint density at radius 1 is 1.21 bits per heavy atom. The van der Waals surface area contributed by atoms with Crippen molar-refractivity contribution in [2.75, 3.05) is 20.3 Å². The first kappa shape index (κ1) is 14.1. The number of hydrogen-bond donors (Lipinski definition) is 0. The van der Waals surface area contributed by atoms with Crippen LogP contribution < -0.4 is 0 Å². The lowest BCUT2D eigenvalue weighted by atomic mass is 9.80. The molecule has 1 aromatic carbocycles. The van der Waals surface area contributed by atoms with E-state index >= 15 is 0 Å². The molecule has 0 spiro atoms. The van der Waals surface area contributed by atoms with Crippen LogP contribution >= 0.6 is 0 Å². The molecule has 0 heterocycles. The summed E-state index contributed by atoms with van der Waals surface area (Å²) in [6.07, 6.45) is 7.19. The second kappa shape index (κ2) is 7.34. The summed E-state index contributed by atoms with van der Waals surface area (Å²) in [6.45, 7) is 3.36. The van der Waals surface area contributed by atoms with E-state index in [2.05, 4.69) is 37.3 Å². The summed E-state index contributed by atoms with van der Waals surface area (Å²) in [5.41, 5.74) is 2.64. The Balaban J connectivity index is 2.01. The van der Waals surface area contributed by atoms with Crippen LogP contribution in [0.5, 0.6) is 0 Å². The van der Waals surface area contributed by atoms with Crippen molar-refractivity contribution in [3.8, 4) is 0 Å². The number of ether oxygens (including phenoxy) is 2. The maximum Gasteiger partial charge on any atom is 0.122 e. The van der Waals surface area contributed by atoms with Crippen LogP contribution in [0.2, 0.25) is 0 Å². The average Bonchev–Trinajstić information content (AvgIpc) is 2.37. The molecule has 0 atom stereocenters. The number of benzene rings is 1. The Kier molecular flexibility index (Phi) is 5.46. The molecule has 1 aromatic rings. The smallest absolute Gasteiger partial charge is 0.122 e. The first-order chi connectivity index (χ1) is 9.35. The van der Waals surface area contributed by atoms with Crippen LogP contribution in [0.1, 0.15) is 49.7 Å². The quantitative estimate of drug-likeness (QED) is 0.535. The second-order valence-electron chi connectivity index (χ2n) is 5.07. The van der Waals surface area contributed by atoms with E-state index in [0.717, 1.165) is 18.1 Å². The monoisotopic (exact) mass is 260 g/mol. The van der Waals surface area contributed by atoms with Gasteiger partial charge in [0.25, 0.3) is 0 Å². The minimum atomic E-state index is 0.604. The van der Waals surface area contributed by atoms with Gasteiger partial charge in [-0.25, -0.2) is 0 Å². The number of rotatable bonds is 7. The number of methoxy groups -OCH3 is 1. The van der Waals surface area contributed by atoms with Gasteiger partial charge in [-0.15, -0.1) is 0 Å². The largest absolute Gasteiger partial charge is 0.491 e. The van der Waals surface area contributed by atoms with Crippen molar-refractivity contribution in [1.82, 2.24) is 0 Å². The molecule has 2 heteroatoms. The summed E-state index contributed by atoms with van der Waals surface area (Å²) in [5, 5.41) is 0. The highest BCUT2D eigenvalue weighted by Gasteiger charge is 2.19. The van der Waals surface area contributed by atoms with E-state index < -0.39 is 0 Å². The normalized spacial score (nSPS) is 16.2. The molecule has 0 bridgehead atoms. The lowest BCUT2D eigenvalue weighted by Crippen LogP contribution is -2.08. The van der Waals surface area contributed by atoms with Crippen LogP contribution in [-0.2, 0) is 9.47 Å². The van der Waals surface area contributed by atoms with Crippen LogP contribution in [0.3, 0.4) is 0 Å². The van der Waals surface area contributed by atoms with E-state index in [1.807, 2.05) is 0 Å². The summed E-state index contributed by atoms with van der Waals surface area (Å²) >= 11 is 0. The molecule has 1 aliphatic rings. The lowest BCUT2D eigenvalue weighted by molar-refractivity contribution is 0.133. The SMILES string of the molecule is CC/C=C(/OCCOC)c1ccc(C2CCC2)cc1. The van der Waals surface area contributed by atoms with Gasteiger partial charge in [0.15, 0.2) is 0 Å². The van der Waals surface area contributed by atoms with Crippen molar-refractivity contribution < 1.29 is 9.47 Å². The maximum atomic E-state index is 5.79. The zero-order valence-corrected chi connectivity index (χ0v) is 12.0. The van der Waals surface area contributed by atoms with E-state index in [-0.39, 0.29) is 0 Å². The minimum absolute atomic E-state index is 0.604. The molecular weight excluding hydrogens is 236 g/mol. The molecule has 0 amide bonds. The molecule has 0 unspecified atom stereocenters. The van der Waals surface area contributed by atoms with Crippen molar-refractivity contribution in [3.63, 3.8) is 0 Å². The molecule has 0 N–H and O–H groups in total. The molecule has 1 aliphatic carbocycles. The zero-order valence-electron chi connectivity index (χ0n) is 12.0. The Labute approximate surface area is 116 Å². The molecule has 0 radical (unpaired) electrons. The second-order valence-corrected chi connectivity index (χ2v) is 5.07. The number of allylic oxidation sites excluding steroid dienone is 1. The summed E-state index contributed by atoms with van der Waals surface area (Å²) in [4.78, 5) is 0. The third-order valence-electron chi connectivity index (χ3n) is 3.71. The van der Waals surface area contributed by atoms with Gasteiger partial charge in [0.1, 0.15) is 12.4 Å². The van der Waals surface area contributed by atoms with Crippen molar-refractivity contribution in [2.45, 2.75) is 38.5 Å². The summed E-state index contributed by atoms with van der Waals surface area (Å²) < 4.78 is 10.8. The molecule has 2 rings (SSSR count).